The number of aromatic nitrogens is 1. The Labute approximate surface area is 436 Å². The summed E-state index contributed by atoms with van der Waals surface area (Å²) in [5.74, 6) is 0. The van der Waals surface area contributed by atoms with Gasteiger partial charge in [0.15, 0.2) is 0 Å². The number of hydrogen-bond donors (Lipinski definition) is 0. The van der Waals surface area contributed by atoms with Gasteiger partial charge in [0.05, 0.1) is 11.0 Å². The number of hydrogen-bond acceptors (Lipinski definition) is 2. The van der Waals surface area contributed by atoms with Crippen LogP contribution in [0.2, 0.25) is 0 Å². The molecule has 0 bridgehead atoms. The number of nitrogens with zero attached hydrogens (tertiary/aromatic N) is 2. The number of rotatable bonds is 10. The molecule has 352 valence electrons. The molecule has 14 aromatic rings. The first kappa shape index (κ1) is 43.8. The van der Waals surface area contributed by atoms with Gasteiger partial charge in [-0.05, 0) is 146 Å². The molecule has 0 N–H and O–H groups in total. The Bertz CT molecular complexity index is 4320. The molecule has 0 aliphatic carbocycles. The Hall–Kier alpha value is -9.96. The molecular weight excluding hydrogens is 909 g/mol. The number of anilines is 3. The van der Waals surface area contributed by atoms with E-state index in [9.17, 15) is 0 Å². The van der Waals surface area contributed by atoms with E-state index >= 15 is 0 Å². The second-order valence-corrected chi connectivity index (χ2v) is 19.3. The van der Waals surface area contributed by atoms with Gasteiger partial charge < -0.3 is 13.9 Å². The molecule has 0 spiro atoms. The van der Waals surface area contributed by atoms with Gasteiger partial charge >= 0.3 is 0 Å². The SMILES string of the molecule is c1ccc(-c2ccc(-c3cccc(N(c4ccc(-c5ccc(-c6cccc(-n7c8ccccc8c8ccccc87)c6)cc5)cc4)c4ccc(-c5ccccc5-c5ccc6c(c5)oc5ccccc56)cc4)c3)cc2)cc1. The van der Waals surface area contributed by atoms with Gasteiger partial charge in [0.25, 0.3) is 0 Å². The minimum Gasteiger partial charge on any atom is -0.456 e. The molecule has 0 amide bonds. The third kappa shape index (κ3) is 8.04. The highest BCUT2D eigenvalue weighted by molar-refractivity contribution is 6.09. The monoisotopic (exact) mass is 956 g/mol. The molecule has 0 saturated heterocycles. The van der Waals surface area contributed by atoms with Crippen molar-refractivity contribution < 1.29 is 4.42 Å². The second kappa shape index (κ2) is 18.6. The van der Waals surface area contributed by atoms with Crippen LogP contribution in [0.1, 0.15) is 0 Å². The Balaban J connectivity index is 0.792. The fourth-order valence-corrected chi connectivity index (χ4v) is 11.1. The summed E-state index contributed by atoms with van der Waals surface area (Å²) in [5, 5.41) is 4.79. The van der Waals surface area contributed by atoms with Gasteiger partial charge in [0.2, 0.25) is 0 Å². The van der Waals surface area contributed by atoms with Crippen molar-refractivity contribution in [1.29, 1.82) is 0 Å². The maximum atomic E-state index is 6.33. The van der Waals surface area contributed by atoms with Crippen LogP contribution >= 0.6 is 0 Å². The standard InChI is InChI=1S/C72H48N2O/c1-2-14-49(15-3-1)50-28-32-53(33-29-50)56-16-12-18-61(46-56)73(60-43-38-55(39-44-60)63-20-4-5-21-64(63)58-40-45-68-67-24-8-11-27-71(67)75-72(68)48-58)59-41-36-52(37-42-59)51-30-34-54(35-31-51)57-17-13-19-62(47-57)74-69-25-9-6-22-65(69)66-23-7-10-26-70(66)74/h1-48H. The van der Waals surface area contributed by atoms with E-state index in [0.29, 0.717) is 0 Å². The zero-order valence-corrected chi connectivity index (χ0v) is 41.0. The third-order valence-corrected chi connectivity index (χ3v) is 14.8. The summed E-state index contributed by atoms with van der Waals surface area (Å²) < 4.78 is 8.71. The molecule has 3 nitrogen and oxygen atoms in total. The smallest absolute Gasteiger partial charge is 0.136 e. The largest absolute Gasteiger partial charge is 0.456 e. The van der Waals surface area contributed by atoms with Gasteiger partial charge in [-0.1, -0.05) is 212 Å². The molecule has 0 fully saturated rings. The lowest BCUT2D eigenvalue weighted by Gasteiger charge is -2.26. The minimum atomic E-state index is 0.893. The van der Waals surface area contributed by atoms with Crippen LogP contribution in [0.3, 0.4) is 0 Å². The van der Waals surface area contributed by atoms with E-state index < -0.39 is 0 Å². The molecule has 2 heterocycles. The van der Waals surface area contributed by atoms with Gasteiger partial charge in [-0.3, -0.25) is 0 Å². The Kier molecular flexibility index (Phi) is 10.8. The molecule has 0 unspecified atom stereocenters. The summed E-state index contributed by atoms with van der Waals surface area (Å²) in [6.07, 6.45) is 0. The van der Waals surface area contributed by atoms with Crippen LogP contribution in [0.15, 0.2) is 296 Å². The van der Waals surface area contributed by atoms with Crippen LogP contribution in [0.5, 0.6) is 0 Å². The number of para-hydroxylation sites is 3. The number of furan rings is 1. The molecule has 0 aliphatic rings. The quantitative estimate of drug-likeness (QED) is 0.136. The summed E-state index contributed by atoms with van der Waals surface area (Å²) >= 11 is 0. The lowest BCUT2D eigenvalue weighted by molar-refractivity contribution is 0.669. The van der Waals surface area contributed by atoms with Crippen molar-refractivity contribution in [3.8, 4) is 72.4 Å². The van der Waals surface area contributed by atoms with Gasteiger partial charge in [-0.25, -0.2) is 0 Å². The average molecular weight is 957 g/mol. The van der Waals surface area contributed by atoms with Crippen molar-refractivity contribution in [1.82, 2.24) is 4.57 Å². The molecule has 0 aliphatic heterocycles. The second-order valence-electron chi connectivity index (χ2n) is 19.3. The van der Waals surface area contributed by atoms with Crippen molar-refractivity contribution in [2.24, 2.45) is 0 Å². The summed E-state index contributed by atoms with van der Waals surface area (Å²) in [4.78, 5) is 2.37. The summed E-state index contributed by atoms with van der Waals surface area (Å²) in [5.41, 5.74) is 22.6. The number of fused-ring (bicyclic) bond motifs is 6. The van der Waals surface area contributed by atoms with E-state index in [1.54, 1.807) is 0 Å². The first-order valence-electron chi connectivity index (χ1n) is 25.6. The van der Waals surface area contributed by atoms with E-state index in [1.807, 2.05) is 12.1 Å². The molecule has 14 rings (SSSR count). The summed E-state index contributed by atoms with van der Waals surface area (Å²) in [7, 11) is 0. The van der Waals surface area contributed by atoms with E-state index in [-0.39, 0.29) is 0 Å². The highest BCUT2D eigenvalue weighted by Gasteiger charge is 2.18. The van der Waals surface area contributed by atoms with Gasteiger partial charge in [0.1, 0.15) is 11.2 Å². The topological polar surface area (TPSA) is 21.3 Å². The maximum absolute atomic E-state index is 6.33. The van der Waals surface area contributed by atoms with Gasteiger partial charge in [-0.2, -0.15) is 0 Å². The molecule has 12 aromatic carbocycles. The first-order chi connectivity index (χ1) is 37.2. The zero-order valence-electron chi connectivity index (χ0n) is 41.0. The summed E-state index contributed by atoms with van der Waals surface area (Å²) in [6, 6.07) is 105. The van der Waals surface area contributed by atoms with Gasteiger partial charge in [0, 0.05) is 44.3 Å². The first-order valence-corrected chi connectivity index (χ1v) is 25.6. The Morgan fingerprint density at radius 3 is 1.29 bits per heavy atom. The lowest BCUT2D eigenvalue weighted by Crippen LogP contribution is -2.10. The summed E-state index contributed by atoms with van der Waals surface area (Å²) in [6.45, 7) is 0. The molecule has 0 radical (unpaired) electrons. The molecule has 75 heavy (non-hydrogen) atoms. The minimum absolute atomic E-state index is 0.893. The van der Waals surface area contributed by atoms with E-state index in [0.717, 1.165) is 72.5 Å². The fraction of sp³-hybridized carbons (Fsp3) is 0. The van der Waals surface area contributed by atoms with E-state index in [4.69, 9.17) is 4.42 Å². The molecular formula is C72H48N2O. The highest BCUT2D eigenvalue weighted by atomic mass is 16.3. The third-order valence-electron chi connectivity index (χ3n) is 14.8. The highest BCUT2D eigenvalue weighted by Crippen LogP contribution is 2.42. The van der Waals surface area contributed by atoms with Crippen molar-refractivity contribution in [2.45, 2.75) is 0 Å². The maximum Gasteiger partial charge on any atom is 0.136 e. The van der Waals surface area contributed by atoms with Crippen LogP contribution in [-0.4, -0.2) is 4.57 Å². The van der Waals surface area contributed by atoms with Crippen LogP contribution in [0.25, 0.3) is 116 Å². The average Bonchev–Trinajstić information content (AvgIpc) is 4.04. The van der Waals surface area contributed by atoms with E-state index in [1.165, 1.54) is 60.8 Å². The van der Waals surface area contributed by atoms with Crippen molar-refractivity contribution in [3.05, 3.63) is 291 Å². The lowest BCUT2D eigenvalue weighted by atomic mass is 9.94. The van der Waals surface area contributed by atoms with Crippen LogP contribution in [-0.2, 0) is 0 Å². The molecule has 2 aromatic heterocycles. The van der Waals surface area contributed by atoms with Crippen molar-refractivity contribution in [2.75, 3.05) is 4.90 Å². The Morgan fingerprint density at radius 1 is 0.240 bits per heavy atom. The zero-order chi connectivity index (χ0) is 49.7. The van der Waals surface area contributed by atoms with Crippen molar-refractivity contribution >= 4 is 60.8 Å². The molecule has 3 heteroatoms. The fourth-order valence-electron chi connectivity index (χ4n) is 11.1. The van der Waals surface area contributed by atoms with Gasteiger partial charge in [-0.15, -0.1) is 0 Å². The van der Waals surface area contributed by atoms with Crippen LogP contribution in [0.4, 0.5) is 17.1 Å². The van der Waals surface area contributed by atoms with E-state index in [2.05, 4.69) is 289 Å². The normalized spacial score (nSPS) is 11.5. The predicted molar refractivity (Wildman–Crippen MR) is 315 cm³/mol. The van der Waals surface area contributed by atoms with Crippen LogP contribution in [0, 0.1) is 0 Å². The van der Waals surface area contributed by atoms with Crippen LogP contribution < -0.4 is 4.90 Å². The molecule has 0 atom stereocenters. The molecule has 0 saturated carbocycles. The number of benzene rings is 12. The predicted octanol–water partition coefficient (Wildman–Crippen LogP) is 20.2. The Morgan fingerprint density at radius 2 is 0.667 bits per heavy atom. The van der Waals surface area contributed by atoms with Crippen molar-refractivity contribution in [3.63, 3.8) is 0 Å².